The van der Waals surface area contributed by atoms with Crippen molar-refractivity contribution in [2.24, 2.45) is 0 Å². The number of anilines is 1. The Morgan fingerprint density at radius 1 is 1.31 bits per heavy atom. The van der Waals surface area contributed by atoms with Gasteiger partial charge in [-0.05, 0) is 43.0 Å². The normalized spacial score (nSPS) is 15.6. The molecule has 29 heavy (non-hydrogen) atoms. The van der Waals surface area contributed by atoms with E-state index in [4.69, 9.17) is 0 Å². The van der Waals surface area contributed by atoms with Crippen LogP contribution in [-0.2, 0) is 21.4 Å². The smallest absolute Gasteiger partial charge is 0.240 e. The standard InChI is InChI=1S/C20H27N3O3S3/c1-3-15(2)23(14-16-5-4-11-27-16)10-9-21-29(25,26)17-6-7-19-18(13-17)22-20(24)8-12-28-19/h4-7,11,13,15,21H,3,8-10,12,14H2,1-2H3,(H,22,24)/t15-/m1/s1. The van der Waals surface area contributed by atoms with Crippen LogP contribution in [-0.4, -0.2) is 44.1 Å². The van der Waals surface area contributed by atoms with Gasteiger partial charge in [0.25, 0.3) is 0 Å². The van der Waals surface area contributed by atoms with Gasteiger partial charge in [-0.2, -0.15) is 0 Å². The summed E-state index contributed by atoms with van der Waals surface area (Å²) in [5.41, 5.74) is 0.569. The van der Waals surface area contributed by atoms with Crippen molar-refractivity contribution >= 4 is 44.7 Å². The fraction of sp³-hybridized carbons (Fsp3) is 0.450. The van der Waals surface area contributed by atoms with Gasteiger partial charge in [-0.3, -0.25) is 9.69 Å². The summed E-state index contributed by atoms with van der Waals surface area (Å²) in [6.07, 6.45) is 1.43. The molecule has 1 aliphatic heterocycles. The topological polar surface area (TPSA) is 78.5 Å². The van der Waals surface area contributed by atoms with Gasteiger partial charge in [-0.1, -0.05) is 13.0 Å². The minimum absolute atomic E-state index is 0.0865. The van der Waals surface area contributed by atoms with E-state index in [1.807, 2.05) is 6.07 Å². The Hall–Kier alpha value is -1.39. The summed E-state index contributed by atoms with van der Waals surface area (Å²) in [6, 6.07) is 9.42. The molecule has 1 atom stereocenters. The van der Waals surface area contributed by atoms with Crippen LogP contribution in [0.5, 0.6) is 0 Å². The highest BCUT2D eigenvalue weighted by Gasteiger charge is 2.20. The van der Waals surface area contributed by atoms with Crippen LogP contribution in [0.25, 0.3) is 0 Å². The molecule has 158 valence electrons. The molecule has 9 heteroatoms. The molecule has 0 bridgehead atoms. The van der Waals surface area contributed by atoms with Gasteiger partial charge < -0.3 is 5.32 Å². The molecule has 1 aromatic heterocycles. The first-order valence-electron chi connectivity index (χ1n) is 9.72. The lowest BCUT2D eigenvalue weighted by Crippen LogP contribution is -2.39. The number of thiophene rings is 1. The monoisotopic (exact) mass is 453 g/mol. The highest BCUT2D eigenvalue weighted by molar-refractivity contribution is 7.99. The number of benzene rings is 1. The summed E-state index contributed by atoms with van der Waals surface area (Å²) in [7, 11) is -3.65. The number of hydrogen-bond acceptors (Lipinski definition) is 6. The van der Waals surface area contributed by atoms with Crippen LogP contribution < -0.4 is 10.0 Å². The van der Waals surface area contributed by atoms with Gasteiger partial charge >= 0.3 is 0 Å². The number of hydrogen-bond donors (Lipinski definition) is 2. The zero-order valence-corrected chi connectivity index (χ0v) is 19.1. The van der Waals surface area contributed by atoms with Gasteiger partial charge in [0.05, 0.1) is 10.6 Å². The van der Waals surface area contributed by atoms with Crippen molar-refractivity contribution in [3.63, 3.8) is 0 Å². The number of carbonyl (C=O) groups excluding carboxylic acids is 1. The number of thioether (sulfide) groups is 1. The summed E-state index contributed by atoms with van der Waals surface area (Å²) in [5, 5.41) is 4.86. The Bertz CT molecular complexity index is 930. The molecule has 1 aliphatic rings. The van der Waals surface area contributed by atoms with E-state index in [0.717, 1.165) is 17.9 Å². The predicted octanol–water partition coefficient (Wildman–Crippen LogP) is 3.76. The third-order valence-corrected chi connectivity index (χ3v) is 8.36. The number of carbonyl (C=O) groups is 1. The number of fused-ring (bicyclic) bond motifs is 1. The summed E-state index contributed by atoms with van der Waals surface area (Å²) in [5.74, 6) is 0.607. The Kier molecular flexibility index (Phi) is 7.75. The average molecular weight is 454 g/mol. The summed E-state index contributed by atoms with van der Waals surface area (Å²) < 4.78 is 28.3. The molecule has 1 amide bonds. The second kappa shape index (κ2) is 10.1. The van der Waals surface area contributed by atoms with E-state index in [2.05, 4.69) is 40.2 Å². The molecule has 0 unspecified atom stereocenters. The lowest BCUT2D eigenvalue weighted by molar-refractivity contribution is -0.115. The van der Waals surface area contributed by atoms with E-state index in [1.54, 1.807) is 41.3 Å². The molecule has 0 fully saturated rings. The fourth-order valence-corrected chi connectivity index (χ4v) is 5.80. The van der Waals surface area contributed by atoms with Gasteiger partial charge in [-0.25, -0.2) is 13.1 Å². The minimum Gasteiger partial charge on any atom is -0.325 e. The highest BCUT2D eigenvalue weighted by Crippen LogP contribution is 2.32. The van der Waals surface area contributed by atoms with Gasteiger partial charge in [-0.15, -0.1) is 23.1 Å². The number of rotatable bonds is 9. The Balaban J connectivity index is 1.65. The zero-order chi connectivity index (χ0) is 20.9. The fourth-order valence-electron chi connectivity index (χ4n) is 3.09. The maximum absolute atomic E-state index is 12.8. The highest BCUT2D eigenvalue weighted by atomic mass is 32.2. The SMILES string of the molecule is CC[C@@H](C)N(CCNS(=O)(=O)c1ccc2c(c1)NC(=O)CCS2)Cc1cccs1. The van der Waals surface area contributed by atoms with E-state index in [9.17, 15) is 13.2 Å². The van der Waals surface area contributed by atoms with Crippen molar-refractivity contribution in [2.75, 3.05) is 24.2 Å². The molecule has 2 heterocycles. The second-order valence-electron chi connectivity index (χ2n) is 7.01. The van der Waals surface area contributed by atoms with Crippen molar-refractivity contribution in [3.05, 3.63) is 40.6 Å². The third-order valence-electron chi connectivity index (χ3n) is 4.97. The van der Waals surface area contributed by atoms with Crippen molar-refractivity contribution in [1.82, 2.24) is 9.62 Å². The average Bonchev–Trinajstić information content (AvgIpc) is 3.13. The molecular formula is C20H27N3O3S3. The molecule has 0 radical (unpaired) electrons. The van der Waals surface area contributed by atoms with Crippen LogP contribution >= 0.6 is 23.1 Å². The lowest BCUT2D eigenvalue weighted by atomic mass is 10.2. The van der Waals surface area contributed by atoms with E-state index in [-0.39, 0.29) is 10.8 Å². The molecule has 2 N–H and O–H groups in total. The maximum Gasteiger partial charge on any atom is 0.240 e. The molecule has 0 saturated heterocycles. The van der Waals surface area contributed by atoms with E-state index >= 15 is 0 Å². The zero-order valence-electron chi connectivity index (χ0n) is 16.7. The molecule has 1 aromatic carbocycles. The molecule has 3 rings (SSSR count). The first-order valence-corrected chi connectivity index (χ1v) is 13.1. The van der Waals surface area contributed by atoms with Crippen molar-refractivity contribution in [2.45, 2.75) is 49.1 Å². The molecule has 0 aliphatic carbocycles. The second-order valence-corrected chi connectivity index (χ2v) is 10.9. The van der Waals surface area contributed by atoms with Crippen LogP contribution in [0.15, 0.2) is 45.5 Å². The van der Waals surface area contributed by atoms with E-state index in [0.29, 0.717) is 37.0 Å². The molecule has 2 aromatic rings. The lowest BCUT2D eigenvalue weighted by Gasteiger charge is -2.28. The van der Waals surface area contributed by atoms with Crippen LogP contribution in [0, 0.1) is 0 Å². The van der Waals surface area contributed by atoms with Gasteiger partial charge in [0.2, 0.25) is 15.9 Å². The first kappa shape index (κ1) is 22.3. The number of amides is 1. The molecular weight excluding hydrogens is 426 g/mol. The van der Waals surface area contributed by atoms with Gasteiger partial charge in [0.1, 0.15) is 0 Å². The third kappa shape index (κ3) is 6.05. The van der Waals surface area contributed by atoms with Gasteiger partial charge in [0.15, 0.2) is 0 Å². The van der Waals surface area contributed by atoms with Crippen LogP contribution in [0.4, 0.5) is 5.69 Å². The Labute approximate surface area is 181 Å². The van der Waals surface area contributed by atoms with E-state index < -0.39 is 10.0 Å². The summed E-state index contributed by atoms with van der Waals surface area (Å²) in [4.78, 5) is 16.4. The molecule has 0 spiro atoms. The quantitative estimate of drug-likeness (QED) is 0.604. The molecule has 6 nitrogen and oxygen atoms in total. The van der Waals surface area contributed by atoms with Crippen molar-refractivity contribution in [1.29, 1.82) is 0 Å². The number of nitrogens with zero attached hydrogens (tertiary/aromatic N) is 1. The maximum atomic E-state index is 12.8. The predicted molar refractivity (Wildman–Crippen MR) is 120 cm³/mol. The van der Waals surface area contributed by atoms with Crippen LogP contribution in [0.2, 0.25) is 0 Å². The van der Waals surface area contributed by atoms with Crippen LogP contribution in [0.1, 0.15) is 31.6 Å². The minimum atomic E-state index is -3.65. The Morgan fingerprint density at radius 2 is 2.14 bits per heavy atom. The Morgan fingerprint density at radius 3 is 2.86 bits per heavy atom. The van der Waals surface area contributed by atoms with Crippen LogP contribution in [0.3, 0.4) is 0 Å². The van der Waals surface area contributed by atoms with Gasteiger partial charge in [0, 0.05) is 47.6 Å². The van der Waals surface area contributed by atoms with E-state index in [1.165, 1.54) is 4.88 Å². The summed E-state index contributed by atoms with van der Waals surface area (Å²) in [6.45, 7) is 6.07. The summed E-state index contributed by atoms with van der Waals surface area (Å²) >= 11 is 3.27. The van der Waals surface area contributed by atoms with Crippen molar-refractivity contribution in [3.8, 4) is 0 Å². The largest absolute Gasteiger partial charge is 0.325 e. The number of nitrogens with one attached hydrogen (secondary N) is 2. The molecule has 0 saturated carbocycles. The number of sulfonamides is 1. The first-order chi connectivity index (χ1) is 13.9. The van der Waals surface area contributed by atoms with Crippen molar-refractivity contribution < 1.29 is 13.2 Å².